The molecule has 68 heavy (non-hydrogen) atoms. The first-order chi connectivity index (χ1) is 33.9. The molecular weight excluding hydrogens is 1030 g/mol. The van der Waals surface area contributed by atoms with Crippen LogP contribution in [0.1, 0.15) is 78.7 Å². The zero-order valence-corrected chi connectivity index (χ0v) is 40.5. The zero-order chi connectivity index (χ0) is 49.9. The van der Waals surface area contributed by atoms with Gasteiger partial charge in [-0.3, -0.25) is 4.98 Å². The van der Waals surface area contributed by atoms with Crippen molar-refractivity contribution in [2.45, 2.75) is 72.3 Å². The molecule has 4 nitrogen and oxygen atoms in total. The maximum Gasteiger partial charge on any atom is 0.381 e. The number of pyridine rings is 1. The Morgan fingerprint density at radius 3 is 2.13 bits per heavy atom. The third-order valence-corrected chi connectivity index (χ3v) is 13.1. The monoisotopic (exact) mass is 1080 g/mol. The number of rotatable bonds is 6. The minimum atomic E-state index is -4.39. The molecule has 343 valence electrons. The van der Waals surface area contributed by atoms with E-state index in [2.05, 4.69) is 60.2 Å². The van der Waals surface area contributed by atoms with E-state index in [0.29, 0.717) is 33.8 Å². The molecule has 0 spiro atoms. The van der Waals surface area contributed by atoms with E-state index in [-0.39, 0.29) is 31.1 Å². The maximum atomic E-state index is 12.9. The van der Waals surface area contributed by atoms with Crippen molar-refractivity contribution in [2.24, 2.45) is 5.41 Å². The van der Waals surface area contributed by atoms with Gasteiger partial charge in [0, 0.05) is 48.4 Å². The molecule has 1 aliphatic rings. The van der Waals surface area contributed by atoms with Crippen LogP contribution in [-0.4, -0.2) is 14.5 Å². The van der Waals surface area contributed by atoms with Crippen LogP contribution in [-0.2, 0) is 26.3 Å². The van der Waals surface area contributed by atoms with Crippen molar-refractivity contribution < 1.29 is 43.2 Å². The summed E-state index contributed by atoms with van der Waals surface area (Å²) in [6.07, 6.45) is 0.760. The molecule has 8 heteroatoms. The van der Waals surface area contributed by atoms with E-state index in [9.17, 15) is 14.5 Å². The third kappa shape index (κ3) is 9.08. The average Bonchev–Trinajstić information content (AvgIpc) is 3.94. The van der Waals surface area contributed by atoms with Crippen molar-refractivity contribution in [1.82, 2.24) is 14.5 Å². The van der Waals surface area contributed by atoms with Crippen LogP contribution < -0.4 is 0 Å². The summed E-state index contributed by atoms with van der Waals surface area (Å²) in [6, 6.07) is 53.2. The van der Waals surface area contributed by atoms with E-state index >= 15 is 0 Å². The maximum absolute atomic E-state index is 12.9. The van der Waals surface area contributed by atoms with E-state index in [1.165, 1.54) is 12.3 Å². The zero-order valence-electron chi connectivity index (χ0n) is 42.1. The molecule has 0 bridgehead atoms. The number of benzene rings is 7. The Labute approximate surface area is 414 Å². The van der Waals surface area contributed by atoms with Crippen LogP contribution in [0.5, 0.6) is 0 Å². The normalized spacial score (nSPS) is 15.4. The Morgan fingerprint density at radius 2 is 1.43 bits per heavy atom. The minimum Gasteiger partial charge on any atom is -0.500 e. The van der Waals surface area contributed by atoms with Crippen molar-refractivity contribution in [3.63, 3.8) is 0 Å². The Hall–Kier alpha value is -6.60. The molecule has 0 aliphatic heterocycles. The Kier molecular flexibility index (Phi) is 11.5. The van der Waals surface area contributed by atoms with Gasteiger partial charge in [-0.15, -0.1) is 48.0 Å². The van der Waals surface area contributed by atoms with Gasteiger partial charge in [0.2, 0.25) is 0 Å². The first-order valence-corrected chi connectivity index (χ1v) is 22.6. The molecule has 0 saturated heterocycles. The van der Waals surface area contributed by atoms with Gasteiger partial charge in [-0.1, -0.05) is 134 Å². The fraction of sp³-hybridized carbons (Fsp3) is 0.200. The van der Waals surface area contributed by atoms with Crippen molar-refractivity contribution in [2.75, 3.05) is 0 Å². The summed E-state index contributed by atoms with van der Waals surface area (Å²) >= 11 is 0. The standard InChI is InChI=1S/C38H34NO.C22H16F3N2.Ir/c1-25-24-39-35(23-34(25)29-17-15-26(16-18-29)27-19-21-38(2,3)22-20-27)33-14-8-13-32-31-12-7-11-30(36(31)40-37(32)33)28-9-5-4-6-10-28;1-14-6-5-7-15(2)20(14)27-19-9-4-3-8-18(19)26-21(27)16-10-12-17(13-11-16)22(23,24)25;/h4-13,15-18,23-24,27H,19-22H2,1-3H3;3-10,12-13H,1-2H3;/q2*-1;/i1D3,27D;;. The summed E-state index contributed by atoms with van der Waals surface area (Å²) in [6.45, 7) is 6.23. The van der Waals surface area contributed by atoms with Gasteiger partial charge in [-0.25, -0.2) is 0 Å². The molecule has 1 aliphatic carbocycles. The fourth-order valence-electron chi connectivity index (χ4n) is 9.36. The molecule has 0 amide bonds. The molecule has 1 fully saturated rings. The largest absolute Gasteiger partial charge is 0.500 e. The molecular formula is C60H50F3IrN3O-2. The van der Waals surface area contributed by atoms with Crippen molar-refractivity contribution in [1.29, 1.82) is 0 Å². The smallest absolute Gasteiger partial charge is 0.381 e. The summed E-state index contributed by atoms with van der Waals surface area (Å²) in [5, 5.41) is 1.96. The first kappa shape index (κ1) is 41.6. The molecule has 0 unspecified atom stereocenters. The number of hydrogen-bond donors (Lipinski definition) is 0. The number of imidazole rings is 1. The van der Waals surface area contributed by atoms with Gasteiger partial charge < -0.3 is 14.0 Å². The van der Waals surface area contributed by atoms with E-state index < -0.39 is 24.5 Å². The number of hydrogen-bond acceptors (Lipinski definition) is 3. The summed E-state index contributed by atoms with van der Waals surface area (Å²) in [5.74, 6) is -0.0447. The van der Waals surface area contributed by atoms with E-state index in [1.807, 2.05) is 128 Å². The van der Waals surface area contributed by atoms with E-state index in [0.717, 1.165) is 104 Å². The number of aromatic nitrogens is 3. The van der Waals surface area contributed by atoms with Crippen LogP contribution in [0.4, 0.5) is 13.2 Å². The topological polar surface area (TPSA) is 43.9 Å². The van der Waals surface area contributed by atoms with Gasteiger partial charge in [-0.05, 0) is 120 Å². The van der Waals surface area contributed by atoms with Gasteiger partial charge in [0.25, 0.3) is 0 Å². The summed E-state index contributed by atoms with van der Waals surface area (Å²) in [7, 11) is 0. The Morgan fingerprint density at radius 1 is 0.735 bits per heavy atom. The van der Waals surface area contributed by atoms with Crippen molar-refractivity contribution in [3.8, 4) is 50.6 Å². The first-order valence-electron chi connectivity index (χ1n) is 24.6. The summed E-state index contributed by atoms with van der Waals surface area (Å²) in [4.78, 5) is 9.32. The van der Waals surface area contributed by atoms with Gasteiger partial charge in [-0.2, -0.15) is 13.2 Å². The number of halogens is 3. The van der Waals surface area contributed by atoms with Gasteiger partial charge in [0.05, 0.1) is 22.4 Å². The number of fused-ring (bicyclic) bond motifs is 4. The second kappa shape index (κ2) is 18.8. The van der Waals surface area contributed by atoms with Crippen molar-refractivity contribution in [3.05, 3.63) is 198 Å². The fourth-order valence-corrected chi connectivity index (χ4v) is 9.36. The minimum absolute atomic E-state index is 0. The molecule has 10 aromatic rings. The number of para-hydroxylation sites is 4. The summed E-state index contributed by atoms with van der Waals surface area (Å²) in [5.41, 5.74) is 12.2. The molecule has 3 aromatic heterocycles. The molecule has 1 saturated carbocycles. The number of alkyl halides is 3. The molecule has 1 radical (unpaired) electrons. The molecule has 7 aromatic carbocycles. The summed E-state index contributed by atoms with van der Waals surface area (Å²) < 4.78 is 81.2. The average molecular weight is 1080 g/mol. The van der Waals surface area contributed by atoms with Gasteiger partial charge in [0.15, 0.2) is 0 Å². The predicted octanol–water partition coefficient (Wildman–Crippen LogP) is 16.9. The van der Waals surface area contributed by atoms with Gasteiger partial charge >= 0.3 is 6.18 Å². The third-order valence-electron chi connectivity index (χ3n) is 13.1. The molecule has 11 rings (SSSR count). The molecule has 3 heterocycles. The second-order valence-corrected chi connectivity index (χ2v) is 18.2. The van der Waals surface area contributed by atoms with Crippen LogP contribution in [0.25, 0.3) is 83.6 Å². The van der Waals surface area contributed by atoms with Crippen molar-refractivity contribution >= 4 is 33.0 Å². The Bertz CT molecular complexity index is 3550. The Balaban J connectivity index is 0.000000196. The van der Waals surface area contributed by atoms with Crippen LogP contribution in [0.2, 0.25) is 0 Å². The number of nitrogens with zero attached hydrogens (tertiary/aromatic N) is 3. The number of aryl methyl sites for hydroxylation is 3. The predicted molar refractivity (Wildman–Crippen MR) is 266 cm³/mol. The van der Waals surface area contributed by atoms with Crippen LogP contribution in [0.3, 0.4) is 0 Å². The molecule has 0 atom stereocenters. The quantitative estimate of drug-likeness (QED) is 0.156. The van der Waals surface area contributed by atoms with Crippen LogP contribution in [0.15, 0.2) is 162 Å². The second-order valence-electron chi connectivity index (χ2n) is 18.2. The van der Waals surface area contributed by atoms with Crippen LogP contribution in [0, 0.1) is 38.2 Å². The van der Waals surface area contributed by atoms with Gasteiger partial charge in [0.1, 0.15) is 5.58 Å². The van der Waals surface area contributed by atoms with E-state index in [4.69, 9.17) is 8.53 Å². The van der Waals surface area contributed by atoms with Crippen LogP contribution >= 0.6 is 0 Å². The molecule has 0 N–H and O–H groups in total. The van der Waals surface area contributed by atoms with E-state index in [1.54, 1.807) is 0 Å². The number of furan rings is 1. The SMILES string of the molecule is Cc1cccc(C)c1-n1c(-c2[c-]cc(C(F)(F)F)cc2)nc2ccccc21.[2H]C([2H])([2H])c1cnc(-c2[c-]ccc3c2oc2c(-c4ccccc4)cccc23)cc1-c1ccc(C2([2H])CCC(C)(C)CC2)cc1.[Ir].